The van der Waals surface area contributed by atoms with Gasteiger partial charge < -0.3 is 15.4 Å². The third-order valence-electron chi connectivity index (χ3n) is 5.15. The first-order valence-electron chi connectivity index (χ1n) is 10.1. The van der Waals surface area contributed by atoms with E-state index in [0.717, 1.165) is 51.8 Å². The summed E-state index contributed by atoms with van der Waals surface area (Å²) in [5.41, 5.74) is 3.96. The molecule has 0 bridgehead atoms. The zero-order valence-electron chi connectivity index (χ0n) is 17.4. The minimum atomic E-state index is 0. The predicted octanol–water partition coefficient (Wildman–Crippen LogP) is 3.39. The summed E-state index contributed by atoms with van der Waals surface area (Å²) in [7, 11) is 1.83. The second kappa shape index (κ2) is 12.8. The van der Waals surface area contributed by atoms with Crippen molar-refractivity contribution in [1.82, 2.24) is 15.5 Å². The Hall–Kier alpha value is -1.64. The fourth-order valence-corrected chi connectivity index (χ4v) is 3.61. The molecule has 1 unspecified atom stereocenters. The molecule has 2 aromatic rings. The summed E-state index contributed by atoms with van der Waals surface area (Å²) in [5.74, 6) is 0.849. The number of hydrogen-bond donors (Lipinski definition) is 2. The number of aryl methyl sites for hydroxylation is 1. The second-order valence-corrected chi connectivity index (χ2v) is 7.19. The molecule has 2 N–H and O–H groups in total. The molecule has 1 saturated heterocycles. The van der Waals surface area contributed by atoms with Crippen LogP contribution in [0.1, 0.15) is 22.7 Å². The van der Waals surface area contributed by atoms with Crippen LogP contribution in [0.2, 0.25) is 0 Å². The highest BCUT2D eigenvalue weighted by Crippen LogP contribution is 2.22. The van der Waals surface area contributed by atoms with Crippen LogP contribution in [0.5, 0.6) is 0 Å². The van der Waals surface area contributed by atoms with E-state index in [0.29, 0.717) is 6.04 Å². The molecule has 0 radical (unpaired) electrons. The number of benzene rings is 2. The Labute approximate surface area is 192 Å². The van der Waals surface area contributed by atoms with Gasteiger partial charge in [-0.1, -0.05) is 60.2 Å². The zero-order chi connectivity index (χ0) is 19.6. The molecule has 5 nitrogen and oxygen atoms in total. The summed E-state index contributed by atoms with van der Waals surface area (Å²) in [5, 5.41) is 6.96. The quantitative estimate of drug-likeness (QED) is 0.342. The minimum absolute atomic E-state index is 0. The average molecular weight is 508 g/mol. The van der Waals surface area contributed by atoms with E-state index in [9.17, 15) is 0 Å². The van der Waals surface area contributed by atoms with E-state index in [-0.39, 0.29) is 24.0 Å². The molecule has 1 heterocycles. The van der Waals surface area contributed by atoms with Gasteiger partial charge >= 0.3 is 0 Å². The van der Waals surface area contributed by atoms with Crippen LogP contribution in [0.25, 0.3) is 0 Å². The maximum absolute atomic E-state index is 5.55. The summed E-state index contributed by atoms with van der Waals surface area (Å²) in [6.45, 7) is 7.33. The highest BCUT2D eigenvalue weighted by atomic mass is 127. The van der Waals surface area contributed by atoms with Gasteiger partial charge in [-0.3, -0.25) is 9.89 Å². The summed E-state index contributed by atoms with van der Waals surface area (Å²) in [4.78, 5) is 6.90. The molecule has 0 aromatic heterocycles. The van der Waals surface area contributed by atoms with E-state index < -0.39 is 0 Å². The zero-order valence-corrected chi connectivity index (χ0v) is 19.8. The van der Waals surface area contributed by atoms with E-state index in [2.05, 4.69) is 82.0 Å². The van der Waals surface area contributed by atoms with Gasteiger partial charge in [0.05, 0.1) is 19.3 Å². The van der Waals surface area contributed by atoms with Gasteiger partial charge in [0, 0.05) is 33.2 Å². The lowest BCUT2D eigenvalue weighted by Crippen LogP contribution is -2.46. The van der Waals surface area contributed by atoms with Crippen molar-refractivity contribution >= 4 is 29.9 Å². The van der Waals surface area contributed by atoms with Gasteiger partial charge in [-0.15, -0.1) is 24.0 Å². The first kappa shape index (κ1) is 23.6. The van der Waals surface area contributed by atoms with Crippen molar-refractivity contribution in [1.29, 1.82) is 0 Å². The SMILES string of the molecule is CN=C(NCCc1ccccc1)NCC(c1cccc(C)c1)N1CCOCC1.I. The van der Waals surface area contributed by atoms with Gasteiger partial charge in [0.15, 0.2) is 5.96 Å². The van der Waals surface area contributed by atoms with Gasteiger partial charge in [0.25, 0.3) is 0 Å². The molecule has 3 rings (SSSR count). The Kier molecular flexibility index (Phi) is 10.5. The van der Waals surface area contributed by atoms with Crippen molar-refractivity contribution in [3.05, 3.63) is 71.3 Å². The lowest BCUT2D eigenvalue weighted by atomic mass is 10.0. The molecular formula is C23H33IN4O. The van der Waals surface area contributed by atoms with E-state index >= 15 is 0 Å². The van der Waals surface area contributed by atoms with Gasteiger partial charge in [-0.05, 0) is 24.5 Å². The van der Waals surface area contributed by atoms with Crippen molar-refractivity contribution in [3.63, 3.8) is 0 Å². The Morgan fingerprint density at radius 3 is 2.52 bits per heavy atom. The molecule has 158 valence electrons. The van der Waals surface area contributed by atoms with Crippen LogP contribution < -0.4 is 10.6 Å². The Morgan fingerprint density at radius 2 is 1.83 bits per heavy atom. The van der Waals surface area contributed by atoms with Gasteiger partial charge in [-0.25, -0.2) is 0 Å². The normalized spacial score (nSPS) is 16.0. The predicted molar refractivity (Wildman–Crippen MR) is 131 cm³/mol. The molecule has 29 heavy (non-hydrogen) atoms. The van der Waals surface area contributed by atoms with E-state index in [1.54, 1.807) is 0 Å². The van der Waals surface area contributed by atoms with Crippen molar-refractivity contribution in [2.45, 2.75) is 19.4 Å². The number of nitrogens with one attached hydrogen (secondary N) is 2. The van der Waals surface area contributed by atoms with E-state index in [1.807, 2.05) is 7.05 Å². The van der Waals surface area contributed by atoms with E-state index in [4.69, 9.17) is 4.74 Å². The molecule has 0 aliphatic carbocycles. The van der Waals surface area contributed by atoms with Crippen LogP contribution in [0.15, 0.2) is 59.6 Å². The largest absolute Gasteiger partial charge is 0.379 e. The second-order valence-electron chi connectivity index (χ2n) is 7.19. The third-order valence-corrected chi connectivity index (χ3v) is 5.15. The molecule has 6 heteroatoms. The highest BCUT2D eigenvalue weighted by Gasteiger charge is 2.23. The molecule has 1 aliphatic rings. The van der Waals surface area contributed by atoms with Gasteiger partial charge in [0.1, 0.15) is 0 Å². The number of hydrogen-bond acceptors (Lipinski definition) is 3. The number of rotatable bonds is 7. The fraction of sp³-hybridized carbons (Fsp3) is 0.435. The first-order valence-corrected chi connectivity index (χ1v) is 10.1. The molecule has 0 amide bonds. The summed E-state index contributed by atoms with van der Waals surface area (Å²) in [6.07, 6.45) is 0.978. The number of morpholine rings is 1. The fourth-order valence-electron chi connectivity index (χ4n) is 3.61. The molecule has 1 atom stereocenters. The summed E-state index contributed by atoms with van der Waals surface area (Å²) >= 11 is 0. The topological polar surface area (TPSA) is 48.9 Å². The van der Waals surface area contributed by atoms with Gasteiger partial charge in [0.2, 0.25) is 0 Å². The van der Waals surface area contributed by atoms with Crippen molar-refractivity contribution < 1.29 is 4.74 Å². The first-order chi connectivity index (χ1) is 13.8. The van der Waals surface area contributed by atoms with Crippen LogP contribution >= 0.6 is 24.0 Å². The minimum Gasteiger partial charge on any atom is -0.379 e. The van der Waals surface area contributed by atoms with Crippen LogP contribution in [0, 0.1) is 6.92 Å². The molecule has 0 spiro atoms. The molecule has 2 aromatic carbocycles. The van der Waals surface area contributed by atoms with Crippen molar-refractivity contribution in [2.75, 3.05) is 46.4 Å². The third kappa shape index (κ3) is 7.60. The smallest absolute Gasteiger partial charge is 0.191 e. The molecular weight excluding hydrogens is 475 g/mol. The average Bonchev–Trinajstić information content (AvgIpc) is 2.74. The number of nitrogens with zero attached hydrogens (tertiary/aromatic N) is 2. The van der Waals surface area contributed by atoms with Crippen LogP contribution in [0.3, 0.4) is 0 Å². The van der Waals surface area contributed by atoms with Crippen LogP contribution in [-0.2, 0) is 11.2 Å². The maximum Gasteiger partial charge on any atom is 0.191 e. The van der Waals surface area contributed by atoms with Gasteiger partial charge in [-0.2, -0.15) is 0 Å². The maximum atomic E-state index is 5.55. The molecule has 1 aliphatic heterocycles. The molecule has 0 saturated carbocycles. The summed E-state index contributed by atoms with van der Waals surface area (Å²) < 4.78 is 5.55. The monoisotopic (exact) mass is 508 g/mol. The van der Waals surface area contributed by atoms with Crippen molar-refractivity contribution in [3.8, 4) is 0 Å². The van der Waals surface area contributed by atoms with Crippen LogP contribution in [0.4, 0.5) is 0 Å². The number of guanidine groups is 1. The lowest BCUT2D eigenvalue weighted by molar-refractivity contribution is 0.0170. The Bertz CT molecular complexity index is 748. The number of ether oxygens (including phenoxy) is 1. The Balaban J connectivity index is 0.00000300. The lowest BCUT2D eigenvalue weighted by Gasteiger charge is -2.35. The van der Waals surface area contributed by atoms with Crippen LogP contribution in [-0.4, -0.2) is 57.3 Å². The number of aliphatic imine (C=N–C) groups is 1. The Morgan fingerprint density at radius 1 is 1.07 bits per heavy atom. The number of halogens is 1. The highest BCUT2D eigenvalue weighted by molar-refractivity contribution is 14.0. The summed E-state index contributed by atoms with van der Waals surface area (Å²) in [6, 6.07) is 19.6. The van der Waals surface area contributed by atoms with Crippen molar-refractivity contribution in [2.24, 2.45) is 4.99 Å². The standard InChI is InChI=1S/C23H32N4O.HI/c1-19-7-6-10-21(17-19)22(27-13-15-28-16-14-27)18-26-23(24-2)25-12-11-20-8-4-3-5-9-20;/h3-10,17,22H,11-16,18H2,1-2H3,(H2,24,25,26);1H. The van der Waals surface area contributed by atoms with E-state index in [1.165, 1.54) is 16.7 Å². The molecule has 1 fully saturated rings.